The van der Waals surface area contributed by atoms with E-state index in [-0.39, 0.29) is 17.7 Å². The van der Waals surface area contributed by atoms with Crippen LogP contribution in [0.15, 0.2) is 70.2 Å². The van der Waals surface area contributed by atoms with Gasteiger partial charge in [-0.1, -0.05) is 29.8 Å². The first-order valence-corrected chi connectivity index (χ1v) is 9.57. The second-order valence-electron chi connectivity index (χ2n) is 6.74. The highest BCUT2D eigenvalue weighted by atomic mass is 35.5. The summed E-state index contributed by atoms with van der Waals surface area (Å²) in [6, 6.07) is 17.2. The summed E-state index contributed by atoms with van der Waals surface area (Å²) in [5.41, 5.74) is 1.64. The molecular formula is C22H18ClN3O4. The Morgan fingerprint density at radius 3 is 2.60 bits per heavy atom. The molecule has 30 heavy (non-hydrogen) atoms. The highest BCUT2D eigenvalue weighted by molar-refractivity contribution is 6.31. The van der Waals surface area contributed by atoms with Crippen LogP contribution in [-0.4, -0.2) is 22.7 Å². The van der Waals surface area contributed by atoms with Crippen molar-refractivity contribution in [3.8, 4) is 0 Å². The molecule has 0 aliphatic carbocycles. The highest BCUT2D eigenvalue weighted by Gasteiger charge is 2.34. The van der Waals surface area contributed by atoms with Crippen LogP contribution in [0.5, 0.6) is 0 Å². The molecule has 7 nitrogen and oxygen atoms in total. The monoisotopic (exact) mass is 423 g/mol. The Morgan fingerprint density at radius 2 is 1.90 bits per heavy atom. The van der Waals surface area contributed by atoms with Gasteiger partial charge in [0.2, 0.25) is 12.1 Å². The summed E-state index contributed by atoms with van der Waals surface area (Å²) in [5, 5.41) is 8.81. The third kappa shape index (κ3) is 4.06. The number of rotatable bonds is 4. The van der Waals surface area contributed by atoms with Crippen molar-refractivity contribution in [2.75, 3.05) is 5.32 Å². The minimum atomic E-state index is -0.772. The van der Waals surface area contributed by atoms with Gasteiger partial charge in [-0.15, -0.1) is 5.10 Å². The number of aryl methyl sites for hydroxylation is 1. The normalized spacial score (nSPS) is 15.5. The fourth-order valence-corrected chi connectivity index (χ4v) is 3.22. The molecular weight excluding hydrogens is 406 g/mol. The van der Waals surface area contributed by atoms with E-state index < -0.39 is 6.23 Å². The summed E-state index contributed by atoms with van der Waals surface area (Å²) >= 11 is 5.96. The number of halogens is 1. The Hall–Kier alpha value is -3.58. The molecule has 0 unspecified atom stereocenters. The lowest BCUT2D eigenvalue weighted by atomic mass is 10.1. The van der Waals surface area contributed by atoms with Crippen LogP contribution in [0.2, 0.25) is 5.02 Å². The summed E-state index contributed by atoms with van der Waals surface area (Å²) in [6.45, 7) is 3.21. The van der Waals surface area contributed by atoms with Crippen LogP contribution >= 0.6 is 11.6 Å². The summed E-state index contributed by atoms with van der Waals surface area (Å²) in [4.78, 5) is 24.6. The van der Waals surface area contributed by atoms with Gasteiger partial charge < -0.3 is 14.5 Å². The number of benzene rings is 2. The second-order valence-corrected chi connectivity index (χ2v) is 7.18. The van der Waals surface area contributed by atoms with E-state index in [9.17, 15) is 9.59 Å². The molecule has 0 fully saturated rings. The smallest absolute Gasteiger partial charge is 0.277 e. The number of anilines is 1. The number of carbonyl (C=O) groups excluding carboxylic acids is 2. The summed E-state index contributed by atoms with van der Waals surface area (Å²) in [5.74, 6) is 0.781. The first-order chi connectivity index (χ1) is 14.4. The predicted molar refractivity (Wildman–Crippen MR) is 112 cm³/mol. The lowest BCUT2D eigenvalue weighted by Crippen LogP contribution is -2.25. The topological polar surface area (TPSA) is 84.1 Å². The van der Waals surface area contributed by atoms with Gasteiger partial charge in [0.05, 0.1) is 0 Å². The van der Waals surface area contributed by atoms with Gasteiger partial charge in [-0.05, 0) is 49.4 Å². The second kappa shape index (κ2) is 8.04. The minimum Gasteiger partial charge on any atom is -0.456 e. The third-order valence-electron chi connectivity index (χ3n) is 4.43. The van der Waals surface area contributed by atoms with Gasteiger partial charge in [0, 0.05) is 28.8 Å². The molecule has 152 valence electrons. The van der Waals surface area contributed by atoms with Crippen molar-refractivity contribution in [1.29, 1.82) is 0 Å². The molecule has 0 saturated carbocycles. The fraction of sp³-hybridized carbons (Fsp3) is 0.136. The maximum atomic E-state index is 12.5. The number of nitrogens with one attached hydrogen (secondary N) is 1. The Kier molecular flexibility index (Phi) is 5.29. The number of nitrogens with zero attached hydrogens (tertiary/aromatic N) is 2. The molecule has 1 atom stereocenters. The van der Waals surface area contributed by atoms with Crippen LogP contribution in [0.1, 0.15) is 40.6 Å². The first-order valence-electron chi connectivity index (χ1n) is 9.19. The molecule has 0 spiro atoms. The SMILES string of the molecule is CC(=O)N1N=C(c2ccc(C)o2)O[C@@H]1c1cccc(NC(=O)c2cccc(Cl)c2)c1. The largest absolute Gasteiger partial charge is 0.456 e. The van der Waals surface area contributed by atoms with Crippen molar-refractivity contribution in [2.45, 2.75) is 20.1 Å². The Bertz CT molecular complexity index is 1150. The number of hydrogen-bond acceptors (Lipinski definition) is 5. The molecule has 1 aromatic heterocycles. The molecule has 2 aromatic carbocycles. The summed E-state index contributed by atoms with van der Waals surface area (Å²) in [7, 11) is 0. The van der Waals surface area contributed by atoms with E-state index in [0.29, 0.717) is 33.4 Å². The van der Waals surface area contributed by atoms with Gasteiger partial charge in [-0.3, -0.25) is 9.59 Å². The minimum absolute atomic E-state index is 0.219. The average Bonchev–Trinajstić information content (AvgIpc) is 3.35. The van der Waals surface area contributed by atoms with Gasteiger partial charge in [-0.2, -0.15) is 5.01 Å². The number of furan rings is 1. The van der Waals surface area contributed by atoms with Crippen molar-refractivity contribution in [3.05, 3.63) is 88.3 Å². The highest BCUT2D eigenvalue weighted by Crippen LogP contribution is 2.32. The van der Waals surface area contributed by atoms with Crippen LogP contribution in [0, 0.1) is 6.92 Å². The van der Waals surface area contributed by atoms with Gasteiger partial charge >= 0.3 is 0 Å². The van der Waals surface area contributed by atoms with Crippen molar-refractivity contribution in [1.82, 2.24) is 5.01 Å². The van der Waals surface area contributed by atoms with Crippen LogP contribution in [0.3, 0.4) is 0 Å². The van der Waals surface area contributed by atoms with E-state index in [0.717, 1.165) is 0 Å². The molecule has 0 radical (unpaired) electrons. The van der Waals surface area contributed by atoms with E-state index in [1.165, 1.54) is 11.9 Å². The van der Waals surface area contributed by atoms with Crippen molar-refractivity contribution >= 4 is 35.0 Å². The summed E-state index contributed by atoms with van der Waals surface area (Å²) in [6.07, 6.45) is -0.772. The van der Waals surface area contributed by atoms with Gasteiger partial charge in [-0.25, -0.2) is 0 Å². The summed E-state index contributed by atoms with van der Waals surface area (Å²) < 4.78 is 11.5. The van der Waals surface area contributed by atoms with E-state index >= 15 is 0 Å². The lowest BCUT2D eigenvalue weighted by molar-refractivity contribution is -0.135. The maximum Gasteiger partial charge on any atom is 0.277 e. The van der Waals surface area contributed by atoms with E-state index in [4.69, 9.17) is 20.8 Å². The van der Waals surface area contributed by atoms with Crippen LogP contribution in [0.25, 0.3) is 0 Å². The zero-order valence-electron chi connectivity index (χ0n) is 16.3. The lowest BCUT2D eigenvalue weighted by Gasteiger charge is -2.19. The molecule has 2 heterocycles. The molecule has 8 heteroatoms. The van der Waals surface area contributed by atoms with Gasteiger partial charge in [0.15, 0.2) is 5.76 Å². The molecule has 3 aromatic rings. The third-order valence-corrected chi connectivity index (χ3v) is 4.67. The molecule has 0 saturated heterocycles. The number of hydrogen-bond donors (Lipinski definition) is 1. The number of amides is 2. The number of hydrazone groups is 1. The van der Waals surface area contributed by atoms with Crippen molar-refractivity contribution in [2.24, 2.45) is 5.10 Å². The first kappa shape index (κ1) is 19.7. The maximum absolute atomic E-state index is 12.5. The number of ether oxygens (including phenoxy) is 1. The number of carbonyl (C=O) groups is 2. The Labute approximate surface area is 177 Å². The quantitative estimate of drug-likeness (QED) is 0.657. The van der Waals surface area contributed by atoms with Crippen LogP contribution in [-0.2, 0) is 9.53 Å². The molecule has 1 aliphatic rings. The Balaban J connectivity index is 1.57. The average molecular weight is 424 g/mol. The van der Waals surface area contributed by atoms with Crippen LogP contribution in [0.4, 0.5) is 5.69 Å². The zero-order valence-corrected chi connectivity index (χ0v) is 17.0. The Morgan fingerprint density at radius 1 is 1.10 bits per heavy atom. The van der Waals surface area contributed by atoms with Crippen molar-refractivity contribution in [3.63, 3.8) is 0 Å². The van der Waals surface area contributed by atoms with Crippen molar-refractivity contribution < 1.29 is 18.7 Å². The van der Waals surface area contributed by atoms with E-state index in [2.05, 4.69) is 10.4 Å². The molecule has 1 N–H and O–H groups in total. The molecule has 2 amide bonds. The van der Waals surface area contributed by atoms with Crippen LogP contribution < -0.4 is 5.32 Å². The molecule has 1 aliphatic heterocycles. The predicted octanol–water partition coefficient (Wildman–Crippen LogP) is 4.73. The zero-order chi connectivity index (χ0) is 21.3. The van der Waals surface area contributed by atoms with Gasteiger partial charge in [0.1, 0.15) is 5.76 Å². The van der Waals surface area contributed by atoms with Gasteiger partial charge in [0.25, 0.3) is 11.8 Å². The molecule has 4 rings (SSSR count). The fourth-order valence-electron chi connectivity index (χ4n) is 3.03. The standard InChI is InChI=1S/C22H18ClN3O4/c1-13-9-10-19(29-13)21-25-26(14(2)27)22(30-21)16-6-4-8-18(12-16)24-20(28)15-5-3-7-17(23)11-15/h3-12,22H,1-2H3,(H,24,28)/t22-/m1/s1. The van der Waals surface area contributed by atoms with E-state index in [1.54, 1.807) is 60.7 Å². The van der Waals surface area contributed by atoms with E-state index in [1.807, 2.05) is 6.92 Å². The molecule has 0 bridgehead atoms.